The van der Waals surface area contributed by atoms with Crippen molar-refractivity contribution in [2.24, 2.45) is 11.5 Å². The van der Waals surface area contributed by atoms with Gasteiger partial charge in [-0.15, -0.1) is 0 Å². The van der Waals surface area contributed by atoms with Crippen molar-refractivity contribution < 1.29 is 4.74 Å². The van der Waals surface area contributed by atoms with E-state index in [1.807, 2.05) is 32.9 Å². The summed E-state index contributed by atoms with van der Waals surface area (Å²) in [6.07, 6.45) is 0.669. The van der Waals surface area contributed by atoms with Gasteiger partial charge in [0.15, 0.2) is 0 Å². The summed E-state index contributed by atoms with van der Waals surface area (Å²) in [6, 6.07) is 3.59. The molecular weight excluding hydrogens is 236 g/mol. The van der Waals surface area contributed by atoms with Crippen LogP contribution in [0.25, 0.3) is 0 Å². The molecule has 1 unspecified atom stereocenters. The lowest BCUT2D eigenvalue weighted by molar-refractivity contribution is 0.388. The zero-order chi connectivity index (χ0) is 13.2. The molecule has 0 aliphatic rings. The first kappa shape index (κ1) is 14.3. The van der Waals surface area contributed by atoms with E-state index >= 15 is 0 Å². The molecule has 0 bridgehead atoms. The van der Waals surface area contributed by atoms with Crippen LogP contribution in [-0.4, -0.2) is 12.6 Å². The maximum Gasteiger partial charge on any atom is 0.123 e. The Bertz CT molecular complexity index is 399. The van der Waals surface area contributed by atoms with Gasteiger partial charge in [-0.05, 0) is 44.9 Å². The molecule has 96 valence electrons. The quantitative estimate of drug-likeness (QED) is 0.871. The van der Waals surface area contributed by atoms with Gasteiger partial charge in [-0.25, -0.2) is 0 Å². The average Bonchev–Trinajstić information content (AvgIpc) is 2.18. The first-order valence-corrected chi connectivity index (χ1v) is 6.01. The van der Waals surface area contributed by atoms with Gasteiger partial charge in [0, 0.05) is 22.2 Å². The molecule has 0 saturated heterocycles. The third-order valence-electron chi connectivity index (χ3n) is 2.66. The molecule has 4 heteroatoms. The summed E-state index contributed by atoms with van der Waals surface area (Å²) in [5.74, 6) is 0.767. The van der Waals surface area contributed by atoms with Crippen molar-refractivity contribution in [2.45, 2.75) is 38.8 Å². The van der Waals surface area contributed by atoms with E-state index in [0.29, 0.717) is 11.4 Å². The predicted octanol–water partition coefficient (Wildman–Crippen LogP) is 2.78. The first-order chi connectivity index (χ1) is 7.74. The third-order valence-corrected chi connectivity index (χ3v) is 3.06. The minimum absolute atomic E-state index is 0.178. The normalized spacial score (nSPS) is 13.6. The van der Waals surface area contributed by atoms with Gasteiger partial charge >= 0.3 is 0 Å². The Morgan fingerprint density at radius 3 is 2.47 bits per heavy atom. The molecule has 0 radical (unpaired) electrons. The van der Waals surface area contributed by atoms with Crippen molar-refractivity contribution in [1.82, 2.24) is 0 Å². The predicted molar refractivity (Wildman–Crippen MR) is 72.6 cm³/mol. The molecule has 1 atom stereocenters. The van der Waals surface area contributed by atoms with Crippen LogP contribution in [-0.2, 0) is 0 Å². The van der Waals surface area contributed by atoms with Crippen molar-refractivity contribution in [1.29, 1.82) is 0 Å². The first-order valence-electron chi connectivity index (χ1n) is 5.63. The van der Waals surface area contributed by atoms with Crippen molar-refractivity contribution in [2.75, 3.05) is 7.11 Å². The molecule has 0 amide bonds. The van der Waals surface area contributed by atoms with Crippen molar-refractivity contribution >= 4 is 11.6 Å². The number of methoxy groups -OCH3 is 1. The molecule has 1 aromatic rings. The van der Waals surface area contributed by atoms with Crippen molar-refractivity contribution in [3.05, 3.63) is 28.3 Å². The highest BCUT2D eigenvalue weighted by molar-refractivity contribution is 6.31. The second-order valence-electron chi connectivity index (χ2n) is 5.14. The lowest BCUT2D eigenvalue weighted by atomic mass is 9.91. The van der Waals surface area contributed by atoms with E-state index in [1.165, 1.54) is 0 Å². The van der Waals surface area contributed by atoms with Crippen LogP contribution < -0.4 is 16.2 Å². The Balaban J connectivity index is 3.08. The monoisotopic (exact) mass is 256 g/mol. The number of benzene rings is 1. The summed E-state index contributed by atoms with van der Waals surface area (Å²) in [7, 11) is 1.63. The number of hydrogen-bond donors (Lipinski definition) is 2. The summed E-state index contributed by atoms with van der Waals surface area (Å²) in [5, 5.41) is 0.700. The molecular formula is C13H21ClN2O. The van der Waals surface area contributed by atoms with Crippen LogP contribution in [0, 0.1) is 6.92 Å². The molecule has 0 saturated carbocycles. The SMILES string of the molecule is COc1cc(C)c(Cl)cc1C(N)CC(C)(C)N. The van der Waals surface area contributed by atoms with Crippen molar-refractivity contribution in [3.8, 4) is 5.75 Å². The Morgan fingerprint density at radius 2 is 2.00 bits per heavy atom. The lowest BCUT2D eigenvalue weighted by Crippen LogP contribution is -2.36. The molecule has 0 aliphatic heterocycles. The molecule has 0 heterocycles. The molecule has 0 aromatic heterocycles. The van der Waals surface area contributed by atoms with Crippen molar-refractivity contribution in [3.63, 3.8) is 0 Å². The van der Waals surface area contributed by atoms with Gasteiger partial charge in [0.25, 0.3) is 0 Å². The fourth-order valence-electron chi connectivity index (χ4n) is 1.81. The maximum atomic E-state index is 6.16. The van der Waals surface area contributed by atoms with Gasteiger partial charge in [0.1, 0.15) is 5.75 Å². The molecule has 17 heavy (non-hydrogen) atoms. The summed E-state index contributed by atoms with van der Waals surface area (Å²) < 4.78 is 5.34. The van der Waals surface area contributed by atoms with Gasteiger partial charge in [0.2, 0.25) is 0 Å². The minimum Gasteiger partial charge on any atom is -0.496 e. The largest absolute Gasteiger partial charge is 0.496 e. The fourth-order valence-corrected chi connectivity index (χ4v) is 1.99. The topological polar surface area (TPSA) is 61.3 Å². The van der Waals surface area contributed by atoms with Crippen LogP contribution in [0.5, 0.6) is 5.75 Å². The highest BCUT2D eigenvalue weighted by Gasteiger charge is 2.20. The second-order valence-corrected chi connectivity index (χ2v) is 5.55. The minimum atomic E-state index is -0.318. The number of aryl methyl sites for hydroxylation is 1. The molecule has 1 aromatic carbocycles. The number of ether oxygens (including phenoxy) is 1. The van der Waals surface area contributed by atoms with Gasteiger partial charge in [-0.3, -0.25) is 0 Å². The molecule has 0 aliphatic carbocycles. The van der Waals surface area contributed by atoms with E-state index in [-0.39, 0.29) is 11.6 Å². The Hall–Kier alpha value is -0.770. The van der Waals surface area contributed by atoms with E-state index in [0.717, 1.165) is 16.9 Å². The standard InChI is InChI=1S/C13H21ClN2O/c1-8-5-12(17-4)9(6-10(8)14)11(15)7-13(2,3)16/h5-6,11H,7,15-16H2,1-4H3. The van der Waals surface area contributed by atoms with E-state index in [2.05, 4.69) is 0 Å². The van der Waals surface area contributed by atoms with Gasteiger partial charge in [0.05, 0.1) is 7.11 Å². The van der Waals surface area contributed by atoms with Crippen LogP contribution in [0.3, 0.4) is 0 Å². The Kier molecular flexibility index (Phi) is 4.42. The average molecular weight is 257 g/mol. The van der Waals surface area contributed by atoms with E-state index in [1.54, 1.807) is 7.11 Å². The number of nitrogens with two attached hydrogens (primary N) is 2. The molecule has 0 fully saturated rings. The van der Waals surface area contributed by atoms with E-state index in [4.69, 9.17) is 27.8 Å². The second kappa shape index (κ2) is 5.25. The fraction of sp³-hybridized carbons (Fsp3) is 0.538. The van der Waals surface area contributed by atoms with Gasteiger partial charge in [-0.2, -0.15) is 0 Å². The summed E-state index contributed by atoms with van der Waals surface area (Å²) in [5.41, 5.74) is 13.7. The molecule has 1 rings (SSSR count). The highest BCUT2D eigenvalue weighted by Crippen LogP contribution is 2.32. The molecule has 3 nitrogen and oxygen atoms in total. The van der Waals surface area contributed by atoms with Crippen LogP contribution in [0.4, 0.5) is 0 Å². The third kappa shape index (κ3) is 3.87. The van der Waals surface area contributed by atoms with Gasteiger partial charge < -0.3 is 16.2 Å². The van der Waals surface area contributed by atoms with Crippen LogP contribution in [0.15, 0.2) is 12.1 Å². The lowest BCUT2D eigenvalue weighted by Gasteiger charge is -2.25. The maximum absolute atomic E-state index is 6.16. The zero-order valence-electron chi connectivity index (χ0n) is 10.9. The molecule has 0 spiro atoms. The molecule has 4 N–H and O–H groups in total. The number of hydrogen-bond acceptors (Lipinski definition) is 3. The Morgan fingerprint density at radius 1 is 1.41 bits per heavy atom. The van der Waals surface area contributed by atoms with Crippen LogP contribution in [0.1, 0.15) is 37.4 Å². The summed E-state index contributed by atoms with van der Waals surface area (Å²) in [6.45, 7) is 5.84. The summed E-state index contributed by atoms with van der Waals surface area (Å²) >= 11 is 6.12. The number of rotatable bonds is 4. The summed E-state index contributed by atoms with van der Waals surface area (Å²) in [4.78, 5) is 0. The smallest absolute Gasteiger partial charge is 0.123 e. The zero-order valence-corrected chi connectivity index (χ0v) is 11.6. The Labute approximate surface area is 108 Å². The van der Waals surface area contributed by atoms with Gasteiger partial charge in [-0.1, -0.05) is 11.6 Å². The van der Waals surface area contributed by atoms with Crippen LogP contribution >= 0.6 is 11.6 Å². The van der Waals surface area contributed by atoms with E-state index < -0.39 is 0 Å². The number of halogens is 1. The van der Waals surface area contributed by atoms with Crippen LogP contribution in [0.2, 0.25) is 5.02 Å². The van der Waals surface area contributed by atoms with E-state index in [9.17, 15) is 0 Å². The highest BCUT2D eigenvalue weighted by atomic mass is 35.5.